The van der Waals surface area contributed by atoms with E-state index in [-0.39, 0.29) is 11.7 Å². The maximum absolute atomic E-state index is 12.9. The average Bonchev–Trinajstić information content (AvgIpc) is 2.61. The van der Waals surface area contributed by atoms with Gasteiger partial charge in [0.1, 0.15) is 13.2 Å². The number of amides is 1. The van der Waals surface area contributed by atoms with Gasteiger partial charge in [-0.15, -0.1) is 0 Å². The van der Waals surface area contributed by atoms with E-state index in [9.17, 15) is 9.59 Å². The van der Waals surface area contributed by atoms with Crippen molar-refractivity contribution in [3.05, 3.63) is 52.0 Å². The number of nitrogens with one attached hydrogen (secondary N) is 1. The number of hydrogen-bond acceptors (Lipinski definition) is 4. The number of ether oxygens (including phenoxy) is 2. The summed E-state index contributed by atoms with van der Waals surface area (Å²) in [6.07, 6.45) is 1.12. The lowest BCUT2D eigenvalue weighted by atomic mass is 10.0. The highest BCUT2D eigenvalue weighted by Gasteiger charge is 2.21. The average molecular weight is 404 g/mol. The summed E-state index contributed by atoms with van der Waals surface area (Å²) in [5, 5.41) is 2.82. The van der Waals surface area contributed by atoms with Gasteiger partial charge in [-0.25, -0.2) is 0 Å². The van der Waals surface area contributed by atoms with Gasteiger partial charge in [0, 0.05) is 22.5 Å². The van der Waals surface area contributed by atoms with Crippen LogP contribution < -0.4 is 14.8 Å². The molecule has 1 heterocycles. The number of carbonyl (C=O) groups is 2. The molecule has 0 fully saturated rings. The van der Waals surface area contributed by atoms with Gasteiger partial charge in [0.15, 0.2) is 17.3 Å². The first-order chi connectivity index (χ1) is 12.1. The zero-order valence-corrected chi connectivity index (χ0v) is 15.4. The molecule has 6 heteroatoms. The zero-order chi connectivity index (χ0) is 17.8. The van der Waals surface area contributed by atoms with Crippen molar-refractivity contribution in [2.75, 3.05) is 18.5 Å². The second kappa shape index (κ2) is 7.70. The summed E-state index contributed by atoms with van der Waals surface area (Å²) in [6.45, 7) is 2.80. The van der Waals surface area contributed by atoms with Gasteiger partial charge in [-0.05, 0) is 36.8 Å². The van der Waals surface area contributed by atoms with Crippen LogP contribution >= 0.6 is 15.9 Å². The first kappa shape index (κ1) is 17.5. The molecule has 0 saturated carbocycles. The molecule has 0 saturated heterocycles. The van der Waals surface area contributed by atoms with E-state index in [1.165, 1.54) is 0 Å². The van der Waals surface area contributed by atoms with Gasteiger partial charge in [0.05, 0.1) is 11.3 Å². The second-order valence-corrected chi connectivity index (χ2v) is 6.59. The summed E-state index contributed by atoms with van der Waals surface area (Å²) >= 11 is 3.36. The molecule has 0 radical (unpaired) electrons. The number of fused-ring (bicyclic) bond motifs is 1. The molecule has 25 heavy (non-hydrogen) atoms. The molecule has 5 nitrogen and oxygen atoms in total. The van der Waals surface area contributed by atoms with Crippen LogP contribution in [0.25, 0.3) is 0 Å². The SMILES string of the molecule is CCCC(=O)Nc1cc2c(cc1C(=O)c1ccc(Br)cc1)OCCO2. The molecule has 0 unspecified atom stereocenters. The summed E-state index contributed by atoms with van der Waals surface area (Å²) in [4.78, 5) is 25.0. The summed E-state index contributed by atoms with van der Waals surface area (Å²) in [5.41, 5.74) is 1.36. The summed E-state index contributed by atoms with van der Waals surface area (Å²) in [7, 11) is 0. The Bertz CT molecular complexity index is 802. The molecule has 2 aromatic carbocycles. The van der Waals surface area contributed by atoms with E-state index in [1.54, 1.807) is 36.4 Å². The molecule has 3 rings (SSSR count). The van der Waals surface area contributed by atoms with Crippen LogP contribution in [0, 0.1) is 0 Å². The standard InChI is InChI=1S/C19H18BrNO4/c1-2-3-18(22)21-15-11-17-16(24-8-9-25-17)10-14(15)19(23)12-4-6-13(20)7-5-12/h4-7,10-11H,2-3,8-9H2,1H3,(H,21,22). The predicted molar refractivity (Wildman–Crippen MR) is 98.5 cm³/mol. The minimum atomic E-state index is -0.184. The lowest BCUT2D eigenvalue weighted by Crippen LogP contribution is -2.19. The molecule has 0 atom stereocenters. The number of anilines is 1. The van der Waals surface area contributed by atoms with Crippen molar-refractivity contribution >= 4 is 33.3 Å². The Morgan fingerprint density at radius 3 is 2.36 bits per heavy atom. The fourth-order valence-electron chi connectivity index (χ4n) is 2.58. The topological polar surface area (TPSA) is 64.6 Å². The summed E-state index contributed by atoms with van der Waals surface area (Å²) in [6, 6.07) is 10.4. The number of rotatable bonds is 5. The van der Waals surface area contributed by atoms with Crippen molar-refractivity contribution < 1.29 is 19.1 Å². The maximum atomic E-state index is 12.9. The second-order valence-electron chi connectivity index (χ2n) is 5.68. The quantitative estimate of drug-likeness (QED) is 0.760. The number of carbonyl (C=O) groups excluding carboxylic acids is 2. The molecule has 130 valence electrons. The predicted octanol–water partition coefficient (Wildman–Crippen LogP) is 4.19. The fourth-order valence-corrected chi connectivity index (χ4v) is 2.84. The third-order valence-electron chi connectivity index (χ3n) is 3.78. The Kier molecular flexibility index (Phi) is 5.38. The van der Waals surface area contributed by atoms with E-state index in [0.29, 0.717) is 47.9 Å². The number of halogens is 1. The Morgan fingerprint density at radius 1 is 1.08 bits per heavy atom. The van der Waals surface area contributed by atoms with E-state index in [1.807, 2.05) is 6.92 Å². The van der Waals surface area contributed by atoms with Crippen LogP contribution in [0.1, 0.15) is 35.7 Å². The summed E-state index contributed by atoms with van der Waals surface area (Å²) < 4.78 is 12.0. The van der Waals surface area contributed by atoms with Gasteiger partial charge in [-0.1, -0.05) is 22.9 Å². The molecular formula is C19H18BrNO4. The van der Waals surface area contributed by atoms with Crippen LogP contribution in [0.2, 0.25) is 0 Å². The Labute approximate surface area is 154 Å². The number of hydrogen-bond donors (Lipinski definition) is 1. The van der Waals surface area contributed by atoms with Gasteiger partial charge in [0.25, 0.3) is 0 Å². The van der Waals surface area contributed by atoms with Crippen molar-refractivity contribution in [2.24, 2.45) is 0 Å². The zero-order valence-electron chi connectivity index (χ0n) is 13.8. The van der Waals surface area contributed by atoms with Gasteiger partial charge in [-0.2, -0.15) is 0 Å². The van der Waals surface area contributed by atoms with Gasteiger partial charge in [-0.3, -0.25) is 9.59 Å². The molecule has 0 aromatic heterocycles. The van der Waals surface area contributed by atoms with Crippen LogP contribution in [-0.4, -0.2) is 24.9 Å². The van der Waals surface area contributed by atoms with Crippen molar-refractivity contribution in [2.45, 2.75) is 19.8 Å². The van der Waals surface area contributed by atoms with Crippen LogP contribution in [0.5, 0.6) is 11.5 Å². The molecule has 1 aliphatic heterocycles. The smallest absolute Gasteiger partial charge is 0.224 e. The molecule has 0 aliphatic carbocycles. The molecular weight excluding hydrogens is 386 g/mol. The van der Waals surface area contributed by atoms with E-state index in [0.717, 1.165) is 10.9 Å². The first-order valence-electron chi connectivity index (χ1n) is 8.12. The molecule has 0 bridgehead atoms. The molecule has 0 spiro atoms. The van der Waals surface area contributed by atoms with Crippen molar-refractivity contribution in [3.63, 3.8) is 0 Å². The molecule has 1 N–H and O–H groups in total. The molecule has 1 amide bonds. The fraction of sp³-hybridized carbons (Fsp3) is 0.263. The largest absolute Gasteiger partial charge is 0.486 e. The normalized spacial score (nSPS) is 12.6. The monoisotopic (exact) mass is 403 g/mol. The van der Waals surface area contributed by atoms with Crippen molar-refractivity contribution in [3.8, 4) is 11.5 Å². The highest BCUT2D eigenvalue weighted by Crippen LogP contribution is 2.36. The minimum Gasteiger partial charge on any atom is -0.486 e. The third kappa shape index (κ3) is 4.02. The first-order valence-corrected chi connectivity index (χ1v) is 8.91. The van der Waals surface area contributed by atoms with Gasteiger partial charge in [0.2, 0.25) is 5.91 Å². The minimum absolute atomic E-state index is 0.135. The van der Waals surface area contributed by atoms with Crippen LogP contribution in [0.15, 0.2) is 40.9 Å². The Balaban J connectivity index is 2.01. The van der Waals surface area contributed by atoms with E-state index in [2.05, 4.69) is 21.2 Å². The highest BCUT2D eigenvalue weighted by atomic mass is 79.9. The third-order valence-corrected chi connectivity index (χ3v) is 4.31. The van der Waals surface area contributed by atoms with E-state index < -0.39 is 0 Å². The van der Waals surface area contributed by atoms with Crippen molar-refractivity contribution in [1.29, 1.82) is 0 Å². The van der Waals surface area contributed by atoms with Crippen LogP contribution in [-0.2, 0) is 4.79 Å². The van der Waals surface area contributed by atoms with Crippen LogP contribution in [0.4, 0.5) is 5.69 Å². The number of benzene rings is 2. The number of ketones is 1. The molecule has 1 aliphatic rings. The Morgan fingerprint density at radius 2 is 1.72 bits per heavy atom. The molecule has 2 aromatic rings. The van der Waals surface area contributed by atoms with Gasteiger partial charge < -0.3 is 14.8 Å². The van der Waals surface area contributed by atoms with E-state index >= 15 is 0 Å². The lowest BCUT2D eigenvalue weighted by Gasteiger charge is -2.21. The van der Waals surface area contributed by atoms with Crippen LogP contribution in [0.3, 0.4) is 0 Å². The maximum Gasteiger partial charge on any atom is 0.224 e. The van der Waals surface area contributed by atoms with Gasteiger partial charge >= 0.3 is 0 Å². The highest BCUT2D eigenvalue weighted by molar-refractivity contribution is 9.10. The Hall–Kier alpha value is -2.34. The lowest BCUT2D eigenvalue weighted by molar-refractivity contribution is -0.116. The summed E-state index contributed by atoms with van der Waals surface area (Å²) in [5.74, 6) is 0.728. The van der Waals surface area contributed by atoms with Crippen molar-refractivity contribution in [1.82, 2.24) is 0 Å². The van der Waals surface area contributed by atoms with E-state index in [4.69, 9.17) is 9.47 Å².